The topological polar surface area (TPSA) is 49.6 Å². The molecule has 0 spiro atoms. The van der Waals surface area contributed by atoms with Crippen LogP contribution in [0.25, 0.3) is 0 Å². The molecule has 5 heteroatoms. The van der Waals surface area contributed by atoms with E-state index in [9.17, 15) is 4.79 Å². The van der Waals surface area contributed by atoms with E-state index in [0.29, 0.717) is 23.9 Å². The quantitative estimate of drug-likeness (QED) is 0.736. The van der Waals surface area contributed by atoms with Gasteiger partial charge in [-0.25, -0.2) is 0 Å². The first kappa shape index (κ1) is 19.2. The van der Waals surface area contributed by atoms with Crippen LogP contribution in [0.3, 0.4) is 0 Å². The summed E-state index contributed by atoms with van der Waals surface area (Å²) in [5.74, 6) is 1.01. The molecule has 1 aromatic heterocycles. The fourth-order valence-electron chi connectivity index (χ4n) is 2.61. The van der Waals surface area contributed by atoms with E-state index in [1.54, 1.807) is 11.0 Å². The molecule has 0 saturated heterocycles. The molecule has 0 aliphatic rings. The van der Waals surface area contributed by atoms with Crippen molar-refractivity contribution in [3.63, 3.8) is 0 Å². The third kappa shape index (κ3) is 5.43. The standard InChI is InChI=1S/C20H29N3O2/c1-15(2)16(3)23(5)20(24)19-13-18(25-21-19)14-22(4)12-11-17-9-7-6-8-10-17/h6-10,13,15-16H,11-12,14H2,1-5H3/t16-/m1/s1. The van der Waals surface area contributed by atoms with Gasteiger partial charge >= 0.3 is 0 Å². The van der Waals surface area contributed by atoms with E-state index in [0.717, 1.165) is 13.0 Å². The van der Waals surface area contributed by atoms with Crippen molar-refractivity contribution in [3.8, 4) is 0 Å². The molecule has 0 saturated carbocycles. The van der Waals surface area contributed by atoms with E-state index < -0.39 is 0 Å². The van der Waals surface area contributed by atoms with Crippen molar-refractivity contribution >= 4 is 5.91 Å². The maximum absolute atomic E-state index is 12.5. The van der Waals surface area contributed by atoms with Gasteiger partial charge in [-0.15, -0.1) is 0 Å². The highest BCUT2D eigenvalue weighted by Crippen LogP contribution is 2.14. The second-order valence-electron chi connectivity index (χ2n) is 7.05. The number of carbonyl (C=O) groups excluding carboxylic acids is 1. The number of rotatable bonds is 8. The number of nitrogens with zero attached hydrogens (tertiary/aromatic N) is 3. The molecule has 0 radical (unpaired) electrons. The van der Waals surface area contributed by atoms with Crippen molar-refractivity contribution in [1.29, 1.82) is 0 Å². The lowest BCUT2D eigenvalue weighted by molar-refractivity contribution is 0.0696. The number of hydrogen-bond donors (Lipinski definition) is 0. The average Bonchev–Trinajstić information content (AvgIpc) is 3.07. The van der Waals surface area contributed by atoms with E-state index in [2.05, 4.69) is 48.2 Å². The van der Waals surface area contributed by atoms with Crippen LogP contribution >= 0.6 is 0 Å². The molecule has 1 heterocycles. The highest BCUT2D eigenvalue weighted by molar-refractivity contribution is 5.92. The molecule has 25 heavy (non-hydrogen) atoms. The Kier molecular flexibility index (Phi) is 6.76. The van der Waals surface area contributed by atoms with Crippen LogP contribution in [0, 0.1) is 5.92 Å². The summed E-state index contributed by atoms with van der Waals surface area (Å²) in [6.07, 6.45) is 0.978. The SMILES string of the molecule is CC(C)[C@@H](C)N(C)C(=O)c1cc(CN(C)CCc2ccccc2)on1. The molecule has 2 aromatic rings. The number of aromatic nitrogens is 1. The Balaban J connectivity index is 1.89. The lowest BCUT2D eigenvalue weighted by atomic mass is 10.1. The molecule has 1 amide bonds. The van der Waals surface area contributed by atoms with Gasteiger partial charge in [0.25, 0.3) is 5.91 Å². The summed E-state index contributed by atoms with van der Waals surface area (Å²) in [6.45, 7) is 7.80. The van der Waals surface area contributed by atoms with Gasteiger partial charge in [0.05, 0.1) is 6.54 Å². The van der Waals surface area contributed by atoms with E-state index in [1.165, 1.54) is 5.56 Å². The first-order valence-electron chi connectivity index (χ1n) is 8.83. The Hall–Kier alpha value is -2.14. The zero-order valence-electron chi connectivity index (χ0n) is 15.9. The fourth-order valence-corrected chi connectivity index (χ4v) is 2.61. The summed E-state index contributed by atoms with van der Waals surface area (Å²) in [4.78, 5) is 16.4. The summed E-state index contributed by atoms with van der Waals surface area (Å²) >= 11 is 0. The van der Waals surface area contributed by atoms with Gasteiger partial charge < -0.3 is 9.42 Å². The van der Waals surface area contributed by atoms with Crippen LogP contribution in [0.1, 0.15) is 42.6 Å². The monoisotopic (exact) mass is 343 g/mol. The number of likely N-dealkylation sites (N-methyl/N-ethyl adjacent to an activating group) is 1. The maximum atomic E-state index is 12.5. The predicted octanol–water partition coefficient (Wildman–Crippen LogP) is 3.47. The van der Waals surface area contributed by atoms with Gasteiger partial charge in [0.1, 0.15) is 0 Å². The van der Waals surface area contributed by atoms with Crippen LogP contribution < -0.4 is 0 Å². The van der Waals surface area contributed by atoms with E-state index >= 15 is 0 Å². The number of carbonyl (C=O) groups is 1. The largest absolute Gasteiger partial charge is 0.359 e. The molecule has 0 unspecified atom stereocenters. The van der Waals surface area contributed by atoms with Gasteiger partial charge in [-0.1, -0.05) is 49.3 Å². The normalized spacial score (nSPS) is 12.6. The summed E-state index contributed by atoms with van der Waals surface area (Å²) in [5, 5.41) is 3.96. The van der Waals surface area contributed by atoms with Crippen molar-refractivity contribution in [3.05, 3.63) is 53.4 Å². The van der Waals surface area contributed by atoms with Crippen LogP contribution in [0.4, 0.5) is 0 Å². The lowest BCUT2D eigenvalue weighted by Gasteiger charge is -2.27. The predicted molar refractivity (Wildman–Crippen MR) is 99.4 cm³/mol. The summed E-state index contributed by atoms with van der Waals surface area (Å²) in [7, 11) is 3.85. The van der Waals surface area contributed by atoms with Crippen LogP contribution in [0.15, 0.2) is 40.9 Å². The molecule has 0 bridgehead atoms. The van der Waals surface area contributed by atoms with Crippen molar-refractivity contribution in [2.45, 2.75) is 39.8 Å². The Bertz CT molecular complexity index is 667. The smallest absolute Gasteiger partial charge is 0.276 e. The molecular formula is C20H29N3O2. The molecule has 0 fully saturated rings. The third-order valence-electron chi connectivity index (χ3n) is 4.72. The molecule has 0 aliphatic carbocycles. The van der Waals surface area contributed by atoms with Crippen molar-refractivity contribution in [2.24, 2.45) is 5.92 Å². The molecule has 136 valence electrons. The van der Waals surface area contributed by atoms with Crippen molar-refractivity contribution in [1.82, 2.24) is 15.0 Å². The average molecular weight is 343 g/mol. The Morgan fingerprint density at radius 3 is 2.48 bits per heavy atom. The molecule has 5 nitrogen and oxygen atoms in total. The second-order valence-corrected chi connectivity index (χ2v) is 7.05. The summed E-state index contributed by atoms with van der Waals surface area (Å²) < 4.78 is 5.36. The number of hydrogen-bond acceptors (Lipinski definition) is 4. The minimum atomic E-state index is -0.0943. The van der Waals surface area contributed by atoms with Crippen molar-refractivity contribution < 1.29 is 9.32 Å². The molecule has 0 aliphatic heterocycles. The van der Waals surface area contributed by atoms with Crippen LogP contribution in [-0.4, -0.2) is 47.5 Å². The van der Waals surface area contributed by atoms with Gasteiger partial charge in [-0.3, -0.25) is 9.69 Å². The van der Waals surface area contributed by atoms with E-state index in [1.807, 2.05) is 27.1 Å². The molecular weight excluding hydrogens is 314 g/mol. The first-order valence-corrected chi connectivity index (χ1v) is 8.83. The zero-order chi connectivity index (χ0) is 18.4. The van der Waals surface area contributed by atoms with Gasteiger partial charge in [0, 0.05) is 25.7 Å². The molecule has 0 N–H and O–H groups in total. The Labute approximate surface area is 150 Å². The zero-order valence-corrected chi connectivity index (χ0v) is 15.9. The highest BCUT2D eigenvalue weighted by atomic mass is 16.5. The lowest BCUT2D eigenvalue weighted by Crippen LogP contribution is -2.38. The van der Waals surface area contributed by atoms with Gasteiger partial charge in [0.2, 0.25) is 0 Å². The summed E-state index contributed by atoms with van der Waals surface area (Å²) in [6, 6.07) is 12.3. The highest BCUT2D eigenvalue weighted by Gasteiger charge is 2.23. The number of benzene rings is 1. The third-order valence-corrected chi connectivity index (χ3v) is 4.72. The molecule has 2 rings (SSSR count). The van der Waals surface area contributed by atoms with Crippen molar-refractivity contribution in [2.75, 3.05) is 20.6 Å². The minimum absolute atomic E-state index is 0.0943. The van der Waals surface area contributed by atoms with E-state index in [-0.39, 0.29) is 11.9 Å². The maximum Gasteiger partial charge on any atom is 0.276 e. The van der Waals surface area contributed by atoms with Gasteiger partial charge in [-0.05, 0) is 31.9 Å². The summed E-state index contributed by atoms with van der Waals surface area (Å²) in [5.41, 5.74) is 1.69. The second kappa shape index (κ2) is 8.81. The molecule has 1 aromatic carbocycles. The fraction of sp³-hybridized carbons (Fsp3) is 0.500. The van der Waals surface area contributed by atoms with Crippen LogP contribution in [0.2, 0.25) is 0 Å². The van der Waals surface area contributed by atoms with Crippen LogP contribution in [0.5, 0.6) is 0 Å². The minimum Gasteiger partial charge on any atom is -0.359 e. The Morgan fingerprint density at radius 1 is 1.16 bits per heavy atom. The van der Waals surface area contributed by atoms with Gasteiger partial charge in [0.15, 0.2) is 11.5 Å². The molecule has 1 atom stereocenters. The van der Waals surface area contributed by atoms with Gasteiger partial charge in [-0.2, -0.15) is 0 Å². The van der Waals surface area contributed by atoms with E-state index in [4.69, 9.17) is 4.52 Å². The Morgan fingerprint density at radius 2 is 1.84 bits per heavy atom. The van der Waals surface area contributed by atoms with Crippen LogP contribution in [-0.2, 0) is 13.0 Å². The first-order chi connectivity index (χ1) is 11.9. The number of amides is 1.